The molecule has 0 saturated carbocycles. The maximum Gasteiger partial charge on any atom is 0.101 e. The van der Waals surface area contributed by atoms with E-state index in [9.17, 15) is 0 Å². The third-order valence-corrected chi connectivity index (χ3v) is 3.20. The first-order valence-corrected chi connectivity index (χ1v) is 5.99. The van der Waals surface area contributed by atoms with E-state index in [2.05, 4.69) is 28.3 Å². The van der Waals surface area contributed by atoms with E-state index in [0.29, 0.717) is 0 Å². The molecule has 86 valence electrons. The van der Waals surface area contributed by atoms with E-state index in [1.807, 2.05) is 24.4 Å². The first kappa shape index (κ1) is 10.3. The van der Waals surface area contributed by atoms with E-state index >= 15 is 0 Å². The molecule has 1 aromatic heterocycles. The van der Waals surface area contributed by atoms with E-state index in [4.69, 9.17) is 0 Å². The normalized spacial score (nSPS) is 15.0. The molecule has 1 aliphatic rings. The molecule has 0 bridgehead atoms. The Morgan fingerprint density at radius 3 is 2.94 bits per heavy atom. The summed E-state index contributed by atoms with van der Waals surface area (Å²) < 4.78 is 0. The van der Waals surface area contributed by atoms with Gasteiger partial charge in [-0.15, -0.1) is 0 Å². The summed E-state index contributed by atoms with van der Waals surface area (Å²) in [5, 5.41) is 4.59. The molecule has 17 heavy (non-hydrogen) atoms. The summed E-state index contributed by atoms with van der Waals surface area (Å²) in [5.41, 5.74) is 3.36. The molecule has 0 saturated heterocycles. The largest absolute Gasteiger partial charge is 0.343 e. The van der Waals surface area contributed by atoms with Gasteiger partial charge in [-0.3, -0.25) is 9.98 Å². The minimum absolute atomic E-state index is 0.947. The van der Waals surface area contributed by atoms with E-state index in [1.54, 1.807) is 0 Å². The SMILES string of the molecule is Cc1c(NC2=NCCC2)cnc2ccccc12. The van der Waals surface area contributed by atoms with Crippen LogP contribution in [0, 0.1) is 6.92 Å². The monoisotopic (exact) mass is 225 g/mol. The topological polar surface area (TPSA) is 37.3 Å². The second-order valence-corrected chi connectivity index (χ2v) is 4.37. The van der Waals surface area contributed by atoms with Crippen molar-refractivity contribution in [3.8, 4) is 0 Å². The summed E-state index contributed by atoms with van der Waals surface area (Å²) in [6.07, 6.45) is 4.10. The Labute approximate surface area is 101 Å². The fraction of sp³-hybridized carbons (Fsp3) is 0.286. The third-order valence-electron chi connectivity index (χ3n) is 3.20. The number of aliphatic imine (C=N–C) groups is 1. The molecule has 0 radical (unpaired) electrons. The lowest BCUT2D eigenvalue weighted by Crippen LogP contribution is -2.09. The molecule has 3 nitrogen and oxygen atoms in total. The number of benzene rings is 1. The number of rotatable bonds is 1. The van der Waals surface area contributed by atoms with Crippen LogP contribution in [0.15, 0.2) is 35.5 Å². The van der Waals surface area contributed by atoms with E-state index < -0.39 is 0 Å². The predicted molar refractivity (Wildman–Crippen MR) is 71.6 cm³/mol. The molecule has 3 heteroatoms. The van der Waals surface area contributed by atoms with Gasteiger partial charge in [0.15, 0.2) is 0 Å². The zero-order valence-electron chi connectivity index (χ0n) is 9.90. The van der Waals surface area contributed by atoms with Gasteiger partial charge in [0.1, 0.15) is 5.84 Å². The minimum Gasteiger partial charge on any atom is -0.343 e. The van der Waals surface area contributed by atoms with Gasteiger partial charge >= 0.3 is 0 Å². The number of amidine groups is 1. The number of anilines is 1. The quantitative estimate of drug-likeness (QED) is 0.809. The van der Waals surface area contributed by atoms with Crippen LogP contribution in [0.4, 0.5) is 5.69 Å². The molecule has 0 atom stereocenters. The van der Waals surface area contributed by atoms with Crippen molar-refractivity contribution in [3.05, 3.63) is 36.0 Å². The smallest absolute Gasteiger partial charge is 0.101 e. The predicted octanol–water partition coefficient (Wildman–Crippen LogP) is 3.15. The molecule has 1 aliphatic heterocycles. The fourth-order valence-electron chi connectivity index (χ4n) is 2.20. The molecule has 1 aromatic carbocycles. The second kappa shape index (κ2) is 4.17. The molecular formula is C14H15N3. The number of nitrogens with one attached hydrogen (secondary N) is 1. The fourth-order valence-corrected chi connectivity index (χ4v) is 2.20. The molecule has 2 heterocycles. The van der Waals surface area contributed by atoms with Gasteiger partial charge < -0.3 is 5.32 Å². The molecule has 0 unspecified atom stereocenters. The zero-order chi connectivity index (χ0) is 11.7. The van der Waals surface area contributed by atoms with Crippen LogP contribution < -0.4 is 5.32 Å². The van der Waals surface area contributed by atoms with Gasteiger partial charge in [-0.25, -0.2) is 0 Å². The number of aromatic nitrogens is 1. The van der Waals surface area contributed by atoms with Crippen molar-refractivity contribution in [2.45, 2.75) is 19.8 Å². The summed E-state index contributed by atoms with van der Waals surface area (Å²) in [6, 6.07) is 8.22. The number of hydrogen-bond acceptors (Lipinski definition) is 3. The average Bonchev–Trinajstić information content (AvgIpc) is 2.86. The lowest BCUT2D eigenvalue weighted by molar-refractivity contribution is 0.951. The van der Waals surface area contributed by atoms with Crippen molar-refractivity contribution in [1.29, 1.82) is 0 Å². The molecule has 0 aliphatic carbocycles. The van der Waals surface area contributed by atoms with Crippen LogP contribution >= 0.6 is 0 Å². The van der Waals surface area contributed by atoms with Crippen LogP contribution in [-0.2, 0) is 0 Å². The summed E-state index contributed by atoms with van der Waals surface area (Å²) in [7, 11) is 0. The highest BCUT2D eigenvalue weighted by molar-refractivity contribution is 5.99. The number of hydrogen-bond donors (Lipinski definition) is 1. The summed E-state index contributed by atoms with van der Waals surface area (Å²) in [6.45, 7) is 3.07. The third kappa shape index (κ3) is 1.88. The van der Waals surface area contributed by atoms with Crippen LogP contribution in [0.25, 0.3) is 10.9 Å². The number of para-hydroxylation sites is 1. The highest BCUT2D eigenvalue weighted by Crippen LogP contribution is 2.23. The summed E-state index contributed by atoms with van der Waals surface area (Å²) in [4.78, 5) is 8.90. The van der Waals surface area contributed by atoms with Crippen molar-refractivity contribution in [1.82, 2.24) is 4.98 Å². The number of aryl methyl sites for hydroxylation is 1. The standard InChI is InChI=1S/C14H15N3/c1-10-11-5-2-3-6-12(11)16-9-13(10)17-14-7-4-8-15-14/h2-3,5-6,9H,4,7-8H2,1H3,(H,15,17). The van der Waals surface area contributed by atoms with Gasteiger partial charge in [-0.2, -0.15) is 0 Å². The maximum absolute atomic E-state index is 4.47. The van der Waals surface area contributed by atoms with Gasteiger partial charge in [0, 0.05) is 18.4 Å². The van der Waals surface area contributed by atoms with Gasteiger partial charge in [0.05, 0.1) is 17.4 Å². The highest BCUT2D eigenvalue weighted by atomic mass is 15.0. The molecule has 0 spiro atoms. The highest BCUT2D eigenvalue weighted by Gasteiger charge is 2.09. The van der Waals surface area contributed by atoms with Crippen LogP contribution in [-0.4, -0.2) is 17.4 Å². The number of pyridine rings is 1. The molecule has 0 fully saturated rings. The Kier molecular flexibility index (Phi) is 2.52. The molecular weight excluding hydrogens is 210 g/mol. The van der Waals surface area contributed by atoms with E-state index in [0.717, 1.165) is 36.4 Å². The van der Waals surface area contributed by atoms with Crippen molar-refractivity contribution in [2.24, 2.45) is 4.99 Å². The van der Waals surface area contributed by atoms with Gasteiger partial charge in [-0.1, -0.05) is 18.2 Å². The van der Waals surface area contributed by atoms with Crippen LogP contribution in [0.5, 0.6) is 0 Å². The lowest BCUT2D eigenvalue weighted by atomic mass is 10.1. The Hall–Kier alpha value is -1.90. The Balaban J connectivity index is 2.02. The molecule has 0 amide bonds. The van der Waals surface area contributed by atoms with Crippen molar-refractivity contribution < 1.29 is 0 Å². The van der Waals surface area contributed by atoms with Crippen LogP contribution in [0.1, 0.15) is 18.4 Å². The van der Waals surface area contributed by atoms with Crippen molar-refractivity contribution >= 4 is 22.4 Å². The Morgan fingerprint density at radius 1 is 1.24 bits per heavy atom. The van der Waals surface area contributed by atoms with Crippen LogP contribution in [0.3, 0.4) is 0 Å². The van der Waals surface area contributed by atoms with E-state index in [1.165, 1.54) is 10.9 Å². The number of fused-ring (bicyclic) bond motifs is 1. The Morgan fingerprint density at radius 2 is 2.12 bits per heavy atom. The minimum atomic E-state index is 0.947. The van der Waals surface area contributed by atoms with Crippen LogP contribution in [0.2, 0.25) is 0 Å². The summed E-state index contributed by atoms with van der Waals surface area (Å²) in [5.74, 6) is 1.09. The zero-order valence-corrected chi connectivity index (χ0v) is 9.90. The van der Waals surface area contributed by atoms with Crippen molar-refractivity contribution in [3.63, 3.8) is 0 Å². The van der Waals surface area contributed by atoms with E-state index in [-0.39, 0.29) is 0 Å². The second-order valence-electron chi connectivity index (χ2n) is 4.37. The Bertz CT molecular complexity index is 587. The first-order valence-electron chi connectivity index (χ1n) is 5.99. The molecule has 2 aromatic rings. The van der Waals surface area contributed by atoms with Crippen molar-refractivity contribution in [2.75, 3.05) is 11.9 Å². The molecule has 1 N–H and O–H groups in total. The van der Waals surface area contributed by atoms with Gasteiger partial charge in [0.2, 0.25) is 0 Å². The lowest BCUT2D eigenvalue weighted by Gasteiger charge is -2.10. The first-order chi connectivity index (χ1) is 8.34. The average molecular weight is 225 g/mol. The van der Waals surface area contributed by atoms with Gasteiger partial charge in [0.25, 0.3) is 0 Å². The maximum atomic E-state index is 4.47. The summed E-state index contributed by atoms with van der Waals surface area (Å²) >= 11 is 0. The van der Waals surface area contributed by atoms with Gasteiger partial charge in [-0.05, 0) is 25.0 Å². The number of nitrogens with zero attached hydrogens (tertiary/aromatic N) is 2. The molecule has 3 rings (SSSR count).